The lowest BCUT2D eigenvalue weighted by molar-refractivity contribution is -0.160. The maximum Gasteiger partial charge on any atom is 0.339 e. The maximum atomic E-state index is 10.7. The fourth-order valence-electron chi connectivity index (χ4n) is 0.449. The summed E-state index contributed by atoms with van der Waals surface area (Å²) in [5.41, 5.74) is 0. The molecule has 0 aromatic rings. The highest BCUT2D eigenvalue weighted by molar-refractivity contribution is 5.81. The molecule has 0 aliphatic rings. The van der Waals surface area contributed by atoms with Gasteiger partial charge in [0.1, 0.15) is 0 Å². The molecular formula is C6H9O5. The summed E-state index contributed by atoms with van der Waals surface area (Å²) in [5.74, 6) is -1.66. The number of carbonyl (C=O) groups excluding carboxylic acids is 2. The second-order valence-corrected chi connectivity index (χ2v) is 1.79. The van der Waals surface area contributed by atoms with E-state index >= 15 is 0 Å². The van der Waals surface area contributed by atoms with Crippen molar-refractivity contribution >= 4 is 11.9 Å². The second kappa shape index (κ2) is 4.68. The first kappa shape index (κ1) is 9.90. The Balaban J connectivity index is 3.77. The maximum absolute atomic E-state index is 10.7. The number of hydrogen-bond acceptors (Lipinski definition) is 4. The third-order valence-electron chi connectivity index (χ3n) is 1.04. The fourth-order valence-corrected chi connectivity index (χ4v) is 0.449. The van der Waals surface area contributed by atoms with Crippen LogP contribution in [-0.2, 0) is 24.2 Å². The van der Waals surface area contributed by atoms with Gasteiger partial charge in [0.15, 0.2) is 0 Å². The monoisotopic (exact) mass is 161 g/mol. The molecule has 63 valence electrons. The van der Waals surface area contributed by atoms with E-state index in [2.05, 4.69) is 9.47 Å². The number of ether oxygens (including phenoxy) is 2. The average Bonchev–Trinajstić information content (AvgIpc) is 2.02. The van der Waals surface area contributed by atoms with Crippen LogP contribution in [0.1, 0.15) is 6.42 Å². The van der Waals surface area contributed by atoms with Crippen LogP contribution < -0.4 is 0 Å². The molecule has 5 heteroatoms. The van der Waals surface area contributed by atoms with Crippen molar-refractivity contribution in [1.82, 2.24) is 0 Å². The van der Waals surface area contributed by atoms with E-state index in [-0.39, 0.29) is 0 Å². The molecule has 0 aliphatic heterocycles. The highest BCUT2D eigenvalue weighted by atomic mass is 16.5. The van der Waals surface area contributed by atoms with E-state index in [1.165, 1.54) is 0 Å². The third kappa shape index (κ3) is 3.57. The molecule has 0 aromatic heterocycles. The summed E-state index contributed by atoms with van der Waals surface area (Å²) in [4.78, 5) is 20.8. The zero-order valence-corrected chi connectivity index (χ0v) is 6.33. The van der Waals surface area contributed by atoms with Gasteiger partial charge in [0.05, 0.1) is 20.6 Å². The molecule has 0 fully saturated rings. The van der Waals surface area contributed by atoms with E-state index in [0.29, 0.717) is 0 Å². The van der Waals surface area contributed by atoms with E-state index in [1.807, 2.05) is 0 Å². The summed E-state index contributed by atoms with van der Waals surface area (Å²) in [5, 5.41) is 10.7. The molecule has 0 N–H and O–H groups in total. The van der Waals surface area contributed by atoms with Crippen LogP contribution in [0, 0.1) is 0 Å². The summed E-state index contributed by atoms with van der Waals surface area (Å²) in [7, 11) is 2.23. The lowest BCUT2D eigenvalue weighted by Gasteiger charge is -2.03. The molecule has 1 radical (unpaired) electrons. The lowest BCUT2D eigenvalue weighted by Crippen LogP contribution is -2.24. The Labute approximate surface area is 63.9 Å². The first-order valence-corrected chi connectivity index (χ1v) is 2.92. The normalized spacial score (nSPS) is 11.9. The molecule has 0 aliphatic carbocycles. The number of carbonyl (C=O) groups is 2. The summed E-state index contributed by atoms with van der Waals surface area (Å²) >= 11 is 0. The first-order valence-electron chi connectivity index (χ1n) is 2.92. The molecule has 0 saturated carbocycles. The molecule has 0 amide bonds. The Kier molecular flexibility index (Phi) is 4.21. The van der Waals surface area contributed by atoms with E-state index in [0.717, 1.165) is 14.2 Å². The molecular weight excluding hydrogens is 152 g/mol. The van der Waals surface area contributed by atoms with E-state index in [4.69, 9.17) is 0 Å². The van der Waals surface area contributed by atoms with Crippen molar-refractivity contribution in [2.24, 2.45) is 0 Å². The van der Waals surface area contributed by atoms with Crippen molar-refractivity contribution in [2.45, 2.75) is 12.5 Å². The molecule has 1 unspecified atom stereocenters. The number of methoxy groups -OCH3 is 2. The Bertz CT molecular complexity index is 153. The van der Waals surface area contributed by atoms with Gasteiger partial charge in [-0.15, -0.1) is 0 Å². The highest BCUT2D eigenvalue weighted by Crippen LogP contribution is 1.96. The Morgan fingerprint density at radius 1 is 1.27 bits per heavy atom. The predicted octanol–water partition coefficient (Wildman–Crippen LogP) is -0.478. The second-order valence-electron chi connectivity index (χ2n) is 1.79. The zero-order valence-electron chi connectivity index (χ0n) is 6.33. The van der Waals surface area contributed by atoms with Gasteiger partial charge in [-0.05, 0) is 0 Å². The average molecular weight is 161 g/mol. The quantitative estimate of drug-likeness (QED) is 0.524. The van der Waals surface area contributed by atoms with Gasteiger partial charge in [-0.2, -0.15) is 0 Å². The van der Waals surface area contributed by atoms with E-state index in [1.54, 1.807) is 0 Å². The zero-order chi connectivity index (χ0) is 8.85. The van der Waals surface area contributed by atoms with Crippen molar-refractivity contribution in [1.29, 1.82) is 0 Å². The Hall–Kier alpha value is -1.10. The van der Waals surface area contributed by atoms with Crippen molar-refractivity contribution in [2.75, 3.05) is 14.2 Å². The van der Waals surface area contributed by atoms with Gasteiger partial charge in [0.25, 0.3) is 0 Å². The van der Waals surface area contributed by atoms with Gasteiger partial charge in [-0.25, -0.2) is 9.90 Å². The molecule has 0 heterocycles. The molecule has 0 spiro atoms. The van der Waals surface area contributed by atoms with Crippen LogP contribution in [0.15, 0.2) is 0 Å². The lowest BCUT2D eigenvalue weighted by atomic mass is 10.2. The number of hydrogen-bond donors (Lipinski definition) is 0. The molecule has 0 saturated heterocycles. The minimum absolute atomic E-state index is 0.483. The standard InChI is InChI=1S/C6H9O5/c1-10-5(8)3-4(7)6(9)11-2/h4H,3H2,1-2H3. The smallest absolute Gasteiger partial charge is 0.339 e. The summed E-state index contributed by atoms with van der Waals surface area (Å²) < 4.78 is 8.27. The number of esters is 2. The van der Waals surface area contributed by atoms with Crippen LogP contribution in [0.4, 0.5) is 0 Å². The summed E-state index contributed by atoms with van der Waals surface area (Å²) in [6.07, 6.45) is -2.16. The molecule has 0 bridgehead atoms. The van der Waals surface area contributed by atoms with E-state index < -0.39 is 24.5 Å². The van der Waals surface area contributed by atoms with Gasteiger partial charge in [0.2, 0.25) is 6.10 Å². The highest BCUT2D eigenvalue weighted by Gasteiger charge is 2.21. The fraction of sp³-hybridized carbons (Fsp3) is 0.667. The van der Waals surface area contributed by atoms with Gasteiger partial charge < -0.3 is 9.47 Å². The SMILES string of the molecule is COC(=O)CC([O])C(=O)OC. The van der Waals surface area contributed by atoms with Gasteiger partial charge >= 0.3 is 11.9 Å². The first-order chi connectivity index (χ1) is 5.11. The minimum atomic E-state index is -1.67. The van der Waals surface area contributed by atoms with Crippen LogP contribution >= 0.6 is 0 Å². The topological polar surface area (TPSA) is 72.5 Å². The van der Waals surface area contributed by atoms with Crippen LogP contribution in [-0.4, -0.2) is 32.3 Å². The van der Waals surface area contributed by atoms with Gasteiger partial charge in [0, 0.05) is 0 Å². The van der Waals surface area contributed by atoms with Crippen molar-refractivity contribution in [3.63, 3.8) is 0 Å². The van der Waals surface area contributed by atoms with Crippen molar-refractivity contribution in [3.8, 4) is 0 Å². The molecule has 11 heavy (non-hydrogen) atoms. The van der Waals surface area contributed by atoms with Crippen LogP contribution in [0.2, 0.25) is 0 Å². The summed E-state index contributed by atoms with van der Waals surface area (Å²) in [6, 6.07) is 0. The Morgan fingerprint density at radius 3 is 2.18 bits per heavy atom. The number of rotatable bonds is 3. The van der Waals surface area contributed by atoms with Crippen molar-refractivity contribution < 1.29 is 24.2 Å². The minimum Gasteiger partial charge on any atom is -0.469 e. The molecule has 0 rings (SSSR count). The summed E-state index contributed by atoms with van der Waals surface area (Å²) in [6.45, 7) is 0. The van der Waals surface area contributed by atoms with E-state index in [9.17, 15) is 14.7 Å². The molecule has 0 aromatic carbocycles. The van der Waals surface area contributed by atoms with Gasteiger partial charge in [-0.3, -0.25) is 4.79 Å². The van der Waals surface area contributed by atoms with Crippen LogP contribution in [0.25, 0.3) is 0 Å². The molecule has 5 nitrogen and oxygen atoms in total. The predicted molar refractivity (Wildman–Crippen MR) is 33.1 cm³/mol. The Morgan fingerprint density at radius 2 is 1.82 bits per heavy atom. The van der Waals surface area contributed by atoms with Crippen LogP contribution in [0.5, 0.6) is 0 Å². The third-order valence-corrected chi connectivity index (χ3v) is 1.04. The molecule has 1 atom stereocenters. The van der Waals surface area contributed by atoms with Gasteiger partial charge in [-0.1, -0.05) is 0 Å². The van der Waals surface area contributed by atoms with Crippen LogP contribution in [0.3, 0.4) is 0 Å². The largest absolute Gasteiger partial charge is 0.469 e. The van der Waals surface area contributed by atoms with Crippen molar-refractivity contribution in [3.05, 3.63) is 0 Å².